The van der Waals surface area contributed by atoms with Crippen LogP contribution in [0.4, 0.5) is 4.79 Å². The number of carbonyl (C=O) groups excluding carboxylic acids is 3. The second-order valence-corrected chi connectivity index (χ2v) is 17.4. The van der Waals surface area contributed by atoms with E-state index in [2.05, 4.69) is 21.7 Å². The highest BCUT2D eigenvalue weighted by Crippen LogP contribution is 2.60. The molecule has 0 saturated carbocycles. The molecule has 8 aliphatic rings. The molecule has 3 N–H and O–H groups in total. The SMILES string of the molecule is C=COC(=O)Oc1cc2c(cc1OC)[C@@]1(CS[C@@H]3C4C(OC(C)=O)C(C)=C5OCOC5C4[C@H](COC1=O)N1C3[C@@H]3c4c(cc(C)c(OC)c4O)C[C@@H]([C@@H]1O)N3C)NCC2. The molecule has 1 aliphatic carbocycles. The van der Waals surface area contributed by atoms with Crippen molar-refractivity contribution in [3.05, 3.63) is 70.2 Å². The number of likely N-dealkylation sites (N-methyl/N-ethyl adjacent to an activating group) is 1. The standard InChI is InChI=1S/C42H49N3O13S/c1-8-53-41(50)58-27-13-21-9-10-43-42(23(21)14-26(27)51-6)16-59-38-30-29(37-36(55-17-56-37)19(3)35(30)57-20(4)46)25(15-54-40(42)49)45-32(38)31-28-22(12-24(39(45)48)44(31)5)11-18(2)34(52-7)33(28)47/h8,11,13-14,24-25,29-32,35,37-39,43,47-48H,1,9-10,12,15-17H2,2-7H3/t24-,25-,29?,30?,31-,32?,35?,37?,38+,39-,42+/m0/s1. The molecular weight excluding hydrogens is 787 g/mol. The summed E-state index contributed by atoms with van der Waals surface area (Å²) < 4.78 is 47.0. The molecular formula is C42H49N3O13S. The van der Waals surface area contributed by atoms with Gasteiger partial charge in [-0.25, -0.2) is 9.59 Å². The maximum atomic E-state index is 14.9. The lowest BCUT2D eigenvalue weighted by Crippen LogP contribution is -2.78. The van der Waals surface area contributed by atoms with E-state index in [0.717, 1.165) is 28.5 Å². The van der Waals surface area contributed by atoms with Crippen molar-refractivity contribution < 1.29 is 62.5 Å². The van der Waals surface area contributed by atoms with Crippen LogP contribution in [0.15, 0.2) is 42.4 Å². The number of nitrogens with one attached hydrogen (secondary N) is 1. The second-order valence-electron chi connectivity index (χ2n) is 16.3. The van der Waals surface area contributed by atoms with Gasteiger partial charge in [-0.05, 0) is 68.1 Å². The Bertz CT molecular complexity index is 2150. The summed E-state index contributed by atoms with van der Waals surface area (Å²) in [7, 11) is 4.94. The number of aliphatic hydroxyl groups excluding tert-OH is 1. The van der Waals surface area contributed by atoms with Gasteiger partial charge in [0.1, 0.15) is 30.8 Å². The van der Waals surface area contributed by atoms with Crippen LogP contribution >= 0.6 is 11.8 Å². The van der Waals surface area contributed by atoms with Crippen molar-refractivity contribution in [3.8, 4) is 23.0 Å². The highest BCUT2D eigenvalue weighted by Gasteiger charge is 2.67. The quantitative estimate of drug-likeness (QED) is 0.173. The Hall–Kier alpha value is -4.52. The number of esters is 2. The first-order chi connectivity index (χ1) is 28.3. The van der Waals surface area contributed by atoms with Crippen LogP contribution in [0.2, 0.25) is 0 Å². The van der Waals surface area contributed by atoms with Gasteiger partial charge in [-0.1, -0.05) is 12.6 Å². The van der Waals surface area contributed by atoms with E-state index in [0.29, 0.717) is 42.0 Å². The molecule has 11 atom stereocenters. The maximum absolute atomic E-state index is 14.9. The third-order valence-corrected chi connectivity index (χ3v) is 15.1. The molecule has 1 spiro atoms. The van der Waals surface area contributed by atoms with Gasteiger partial charge in [-0.15, -0.1) is 0 Å². The van der Waals surface area contributed by atoms with Crippen molar-refractivity contribution in [1.29, 1.82) is 0 Å². The lowest BCUT2D eigenvalue weighted by molar-refractivity contribution is -0.224. The van der Waals surface area contributed by atoms with Crippen molar-refractivity contribution >= 4 is 29.9 Å². The molecule has 0 aromatic heterocycles. The Kier molecular flexibility index (Phi) is 10.1. The van der Waals surface area contributed by atoms with Crippen LogP contribution in [0.25, 0.3) is 0 Å². The highest BCUT2D eigenvalue weighted by molar-refractivity contribution is 8.00. The topological polar surface area (TPSA) is 184 Å². The van der Waals surface area contributed by atoms with Gasteiger partial charge in [0.2, 0.25) is 0 Å². The predicted octanol–water partition coefficient (Wildman–Crippen LogP) is 3.18. The molecule has 16 nitrogen and oxygen atoms in total. The summed E-state index contributed by atoms with van der Waals surface area (Å²) in [5, 5.41) is 27.8. The number of aryl methyl sites for hydroxylation is 1. The van der Waals surface area contributed by atoms with Crippen molar-refractivity contribution in [2.45, 2.75) is 87.0 Å². The number of aliphatic hydroxyl groups is 1. The summed E-state index contributed by atoms with van der Waals surface area (Å²) in [5.74, 6) is -0.399. The Morgan fingerprint density at radius 1 is 1.08 bits per heavy atom. The van der Waals surface area contributed by atoms with Gasteiger partial charge < -0.3 is 48.1 Å². The fraction of sp³-hybridized carbons (Fsp3) is 0.548. The highest BCUT2D eigenvalue weighted by atomic mass is 32.2. The number of piperidine rings is 1. The number of benzene rings is 2. The molecule has 17 heteroatoms. The number of phenolic OH excluding ortho intramolecular Hbond substituents is 1. The Labute approximate surface area is 345 Å². The van der Waals surface area contributed by atoms with E-state index < -0.39 is 77.3 Å². The van der Waals surface area contributed by atoms with Crippen LogP contribution in [0.5, 0.6) is 23.0 Å². The molecule has 0 radical (unpaired) electrons. The number of hydrogen-bond donors (Lipinski definition) is 3. The predicted molar refractivity (Wildman–Crippen MR) is 210 cm³/mol. The van der Waals surface area contributed by atoms with Crippen molar-refractivity contribution in [3.63, 3.8) is 0 Å². The molecule has 7 aliphatic heterocycles. The van der Waals surface area contributed by atoms with E-state index in [1.54, 1.807) is 12.1 Å². The largest absolute Gasteiger partial charge is 0.518 e. The van der Waals surface area contributed by atoms with Gasteiger partial charge in [0.05, 0.1) is 38.6 Å². The zero-order chi connectivity index (χ0) is 41.7. The van der Waals surface area contributed by atoms with Crippen LogP contribution in [0, 0.1) is 18.8 Å². The Morgan fingerprint density at radius 3 is 2.61 bits per heavy atom. The van der Waals surface area contributed by atoms with E-state index in [-0.39, 0.29) is 42.4 Å². The average Bonchev–Trinajstić information content (AvgIpc) is 3.70. The average molecular weight is 836 g/mol. The fourth-order valence-corrected chi connectivity index (χ4v) is 13.1. The number of methoxy groups -OCH3 is 2. The summed E-state index contributed by atoms with van der Waals surface area (Å²) in [5.41, 5.74) is 3.08. The van der Waals surface area contributed by atoms with Crippen molar-refractivity contribution in [1.82, 2.24) is 15.1 Å². The van der Waals surface area contributed by atoms with Crippen LogP contribution in [0.3, 0.4) is 0 Å². The van der Waals surface area contributed by atoms with Crippen molar-refractivity contribution in [2.75, 3.05) is 47.0 Å². The van der Waals surface area contributed by atoms with E-state index in [9.17, 15) is 24.6 Å². The van der Waals surface area contributed by atoms with Crippen LogP contribution in [-0.4, -0.2) is 127 Å². The first kappa shape index (κ1) is 39.9. The van der Waals surface area contributed by atoms with E-state index >= 15 is 0 Å². The molecule has 2 aromatic rings. The minimum Gasteiger partial charge on any atom is -0.504 e. The molecule has 0 amide bonds. The van der Waals surface area contributed by atoms with Crippen LogP contribution < -0.4 is 19.5 Å². The molecule has 316 valence electrons. The molecule has 5 saturated heterocycles. The Morgan fingerprint density at radius 2 is 1.88 bits per heavy atom. The number of phenols is 1. The zero-order valence-electron chi connectivity index (χ0n) is 33.7. The normalized spacial score (nSPS) is 34.5. The molecule has 5 fully saturated rings. The van der Waals surface area contributed by atoms with Gasteiger partial charge in [0, 0.05) is 53.5 Å². The number of fused-ring (bicyclic) bond motifs is 9. The third-order valence-electron chi connectivity index (χ3n) is 13.6. The molecule has 7 heterocycles. The van der Waals surface area contributed by atoms with Crippen LogP contribution in [-0.2, 0) is 51.7 Å². The number of thioether (sulfide) groups is 1. The van der Waals surface area contributed by atoms with Gasteiger partial charge in [-0.2, -0.15) is 11.8 Å². The molecule has 5 unspecified atom stereocenters. The van der Waals surface area contributed by atoms with Crippen molar-refractivity contribution in [2.24, 2.45) is 11.8 Å². The third kappa shape index (κ3) is 5.94. The summed E-state index contributed by atoms with van der Waals surface area (Å²) >= 11 is 1.52. The number of ether oxygens (including phenoxy) is 8. The first-order valence-electron chi connectivity index (χ1n) is 19.8. The smallest absolute Gasteiger partial charge is 0.504 e. The fourth-order valence-electron chi connectivity index (χ4n) is 11.3. The van der Waals surface area contributed by atoms with Gasteiger partial charge >= 0.3 is 18.1 Å². The minimum absolute atomic E-state index is 0.000688. The summed E-state index contributed by atoms with van der Waals surface area (Å²) in [6, 6.07) is 3.38. The molecule has 10 rings (SSSR count). The monoisotopic (exact) mass is 835 g/mol. The number of rotatable bonds is 5. The van der Waals surface area contributed by atoms with E-state index in [1.165, 1.54) is 32.9 Å². The minimum atomic E-state index is -1.41. The summed E-state index contributed by atoms with van der Waals surface area (Å²) in [6.07, 6.45) is -1.40. The van der Waals surface area contributed by atoms with Gasteiger partial charge in [0.15, 0.2) is 35.3 Å². The van der Waals surface area contributed by atoms with E-state index in [1.807, 2.05) is 27.0 Å². The molecule has 4 bridgehead atoms. The molecule has 2 aromatic carbocycles. The second kappa shape index (κ2) is 14.9. The van der Waals surface area contributed by atoms with Crippen LogP contribution in [0.1, 0.15) is 47.7 Å². The maximum Gasteiger partial charge on any atom is 0.518 e. The van der Waals surface area contributed by atoms with E-state index in [4.69, 9.17) is 37.9 Å². The van der Waals surface area contributed by atoms with Gasteiger partial charge in [-0.3, -0.25) is 19.9 Å². The number of aromatic hydroxyl groups is 1. The summed E-state index contributed by atoms with van der Waals surface area (Å²) in [6.45, 7) is 8.84. The number of hydrogen-bond acceptors (Lipinski definition) is 17. The molecule has 59 heavy (non-hydrogen) atoms. The summed E-state index contributed by atoms with van der Waals surface area (Å²) in [4.78, 5) is 44.5. The van der Waals surface area contributed by atoms with Gasteiger partial charge in [0.25, 0.3) is 0 Å². The lowest BCUT2D eigenvalue weighted by atomic mass is 9.62. The Balaban J connectivity index is 1.24. The lowest BCUT2D eigenvalue weighted by Gasteiger charge is -2.66. The number of nitrogens with zero attached hydrogens (tertiary/aromatic N) is 2. The zero-order valence-corrected chi connectivity index (χ0v) is 34.5. The first-order valence-corrected chi connectivity index (χ1v) is 20.8. The number of carbonyl (C=O) groups is 3. The number of piperazine rings is 1.